The molecular weight excluding hydrogens is 606 g/mol. The molecule has 42 heavy (non-hydrogen) atoms. The molecule has 220 valence electrons. The molecule has 13 heteroatoms. The van der Waals surface area contributed by atoms with E-state index in [0.29, 0.717) is 16.5 Å². The van der Waals surface area contributed by atoms with Gasteiger partial charge in [0.05, 0.1) is 7.11 Å². The van der Waals surface area contributed by atoms with Gasteiger partial charge in [0.2, 0.25) is 4.08 Å². The zero-order valence-electron chi connectivity index (χ0n) is 21.5. The fraction of sp³-hybridized carbons (Fsp3) is 0.172. The predicted molar refractivity (Wildman–Crippen MR) is 146 cm³/mol. The van der Waals surface area contributed by atoms with Gasteiger partial charge in [0.1, 0.15) is 5.75 Å². The molecule has 4 aromatic rings. The van der Waals surface area contributed by atoms with Crippen LogP contribution in [0.15, 0.2) is 91.0 Å². The van der Waals surface area contributed by atoms with Crippen LogP contribution < -0.4 is 4.74 Å². The molecule has 5 rings (SSSR count). The third-order valence-electron chi connectivity index (χ3n) is 7.28. The second-order valence-corrected chi connectivity index (χ2v) is 14.1. The molecule has 0 saturated heterocycles. The molecular formula is C29H20F6O5S2. The quantitative estimate of drug-likeness (QED) is 0.209. The molecule has 1 aliphatic carbocycles. The van der Waals surface area contributed by atoms with Crippen molar-refractivity contribution in [2.75, 3.05) is 7.11 Å². The van der Waals surface area contributed by atoms with Gasteiger partial charge in [-0.3, -0.25) is 0 Å². The molecule has 0 radical (unpaired) electrons. The van der Waals surface area contributed by atoms with Crippen LogP contribution in [0.25, 0.3) is 33.0 Å². The van der Waals surface area contributed by atoms with Gasteiger partial charge in [-0.25, -0.2) is 16.8 Å². The van der Waals surface area contributed by atoms with Crippen LogP contribution in [0.1, 0.15) is 17.5 Å². The van der Waals surface area contributed by atoms with Gasteiger partial charge in [-0.2, -0.15) is 26.3 Å². The van der Waals surface area contributed by atoms with Crippen molar-refractivity contribution in [3.8, 4) is 16.9 Å². The molecule has 0 amide bonds. The monoisotopic (exact) mass is 626 g/mol. The molecule has 0 fully saturated rings. The third kappa shape index (κ3) is 4.20. The highest BCUT2D eigenvalue weighted by Crippen LogP contribution is 2.63. The summed E-state index contributed by atoms with van der Waals surface area (Å²) in [6.07, 6.45) is -1.58. The number of hydrogen-bond acceptors (Lipinski definition) is 5. The van der Waals surface area contributed by atoms with Crippen LogP contribution in [-0.4, -0.2) is 39.0 Å². The summed E-state index contributed by atoms with van der Waals surface area (Å²) in [4.78, 5) is 0. The van der Waals surface area contributed by atoms with Crippen LogP contribution in [0.4, 0.5) is 26.3 Å². The number of benzene rings is 4. The normalized spacial score (nSPS) is 15.9. The van der Waals surface area contributed by atoms with E-state index in [4.69, 9.17) is 4.74 Å². The maximum absolute atomic E-state index is 14.1. The lowest BCUT2D eigenvalue weighted by Crippen LogP contribution is -2.60. The van der Waals surface area contributed by atoms with Crippen LogP contribution in [0.2, 0.25) is 0 Å². The first-order valence-electron chi connectivity index (χ1n) is 12.2. The SMILES string of the molecule is COc1ccc(C2=C(c3ccccc3-c3cccc4ccccc34)CC2(S(=O)(=O)C(F)(F)F)S(=O)(=O)C(F)(F)F)cc1. The Morgan fingerprint density at radius 1 is 0.643 bits per heavy atom. The first kappa shape index (κ1) is 29.6. The van der Waals surface area contributed by atoms with Crippen molar-refractivity contribution in [3.05, 3.63) is 102 Å². The Hall–Kier alpha value is -3.84. The summed E-state index contributed by atoms with van der Waals surface area (Å²) < 4.78 is 137. The van der Waals surface area contributed by atoms with Gasteiger partial charge in [-0.15, -0.1) is 0 Å². The van der Waals surface area contributed by atoms with Crippen molar-refractivity contribution in [1.29, 1.82) is 0 Å². The number of hydrogen-bond donors (Lipinski definition) is 0. The summed E-state index contributed by atoms with van der Waals surface area (Å²) in [7, 11) is -12.8. The van der Waals surface area contributed by atoms with Crippen LogP contribution in [0, 0.1) is 0 Å². The average Bonchev–Trinajstić information content (AvgIpc) is 2.91. The number of sulfone groups is 2. The molecule has 0 aromatic heterocycles. The second-order valence-electron chi connectivity index (χ2n) is 9.48. The summed E-state index contributed by atoms with van der Waals surface area (Å²) in [6.45, 7) is 0. The van der Waals surface area contributed by atoms with Crippen LogP contribution in [0.3, 0.4) is 0 Å². The smallest absolute Gasteiger partial charge is 0.497 e. The van der Waals surface area contributed by atoms with Gasteiger partial charge in [-0.1, -0.05) is 78.9 Å². The number of methoxy groups -OCH3 is 1. The van der Waals surface area contributed by atoms with E-state index in [9.17, 15) is 43.2 Å². The van der Waals surface area contributed by atoms with Gasteiger partial charge in [0.25, 0.3) is 19.7 Å². The number of fused-ring (bicyclic) bond motifs is 1. The summed E-state index contributed by atoms with van der Waals surface area (Å²) >= 11 is 0. The molecule has 1 aliphatic rings. The molecule has 0 atom stereocenters. The summed E-state index contributed by atoms with van der Waals surface area (Å²) in [6, 6.07) is 22.8. The number of ether oxygens (including phenoxy) is 1. The predicted octanol–water partition coefficient (Wildman–Crippen LogP) is 7.40. The minimum atomic E-state index is -7.01. The second kappa shape index (κ2) is 9.87. The molecule has 0 spiro atoms. The fourth-order valence-corrected chi connectivity index (χ4v) is 9.49. The van der Waals surface area contributed by atoms with Crippen molar-refractivity contribution < 1.29 is 47.9 Å². The Labute approximate surface area is 236 Å². The van der Waals surface area contributed by atoms with E-state index < -0.39 is 52.3 Å². The summed E-state index contributed by atoms with van der Waals surface area (Å²) in [5.41, 5.74) is -13.5. The van der Waals surface area contributed by atoms with Gasteiger partial charge in [0.15, 0.2) is 0 Å². The van der Waals surface area contributed by atoms with Gasteiger partial charge < -0.3 is 4.74 Å². The van der Waals surface area contributed by atoms with E-state index in [1.54, 1.807) is 42.5 Å². The Morgan fingerprint density at radius 3 is 1.71 bits per heavy atom. The number of allylic oxidation sites excluding steroid dienone is 1. The zero-order valence-corrected chi connectivity index (χ0v) is 23.1. The Morgan fingerprint density at radius 2 is 1.14 bits per heavy atom. The first-order valence-corrected chi connectivity index (χ1v) is 15.1. The van der Waals surface area contributed by atoms with Gasteiger partial charge in [0, 0.05) is 12.0 Å². The maximum Gasteiger partial charge on any atom is 0.499 e. The largest absolute Gasteiger partial charge is 0.499 e. The van der Waals surface area contributed by atoms with Gasteiger partial charge >= 0.3 is 11.0 Å². The average molecular weight is 627 g/mol. The van der Waals surface area contributed by atoms with Crippen LogP contribution in [0.5, 0.6) is 5.75 Å². The Kier molecular flexibility index (Phi) is 6.97. The fourth-order valence-electron chi connectivity index (χ4n) is 5.33. The highest BCUT2D eigenvalue weighted by molar-refractivity contribution is 8.12. The molecule has 0 unspecified atom stereocenters. The van der Waals surface area contributed by atoms with E-state index in [0.717, 1.165) is 17.5 Å². The van der Waals surface area contributed by atoms with Crippen molar-refractivity contribution >= 4 is 41.6 Å². The standard InChI is InChI=1S/C29H20F6O5S2/c1-40-20-15-13-19(14-16-20)26-25(17-27(26,41(36,37)28(30,31)32)42(38,39)29(33,34)35)24-11-5-4-10-23(24)22-12-6-8-18-7-2-3-9-21(18)22/h2-16H,17H2,1H3. The minimum Gasteiger partial charge on any atom is -0.497 e. The molecule has 0 aliphatic heterocycles. The van der Waals surface area contributed by atoms with E-state index in [2.05, 4.69) is 0 Å². The number of halogens is 6. The summed E-state index contributed by atoms with van der Waals surface area (Å²) in [5.74, 6) is 0.152. The zero-order chi connectivity index (χ0) is 30.7. The lowest BCUT2D eigenvalue weighted by atomic mass is 9.76. The molecule has 0 heterocycles. The van der Waals surface area contributed by atoms with Crippen molar-refractivity contribution in [2.24, 2.45) is 0 Å². The van der Waals surface area contributed by atoms with Crippen LogP contribution in [-0.2, 0) is 19.7 Å². The topological polar surface area (TPSA) is 77.5 Å². The van der Waals surface area contributed by atoms with Crippen molar-refractivity contribution in [2.45, 2.75) is 21.5 Å². The Balaban J connectivity index is 1.92. The maximum atomic E-state index is 14.1. The molecule has 4 aromatic carbocycles. The molecule has 0 saturated carbocycles. The summed E-state index contributed by atoms with van der Waals surface area (Å²) in [5, 5.41) is 1.49. The number of alkyl halides is 6. The highest BCUT2D eigenvalue weighted by Gasteiger charge is 2.77. The molecule has 0 N–H and O–H groups in total. The minimum absolute atomic E-state index is 0.0880. The molecule has 0 bridgehead atoms. The highest BCUT2D eigenvalue weighted by atomic mass is 32.3. The van der Waals surface area contributed by atoms with Gasteiger partial charge in [-0.05, 0) is 50.7 Å². The Bertz CT molecular complexity index is 1890. The number of rotatable bonds is 6. The third-order valence-corrected chi connectivity index (χ3v) is 12.2. The first-order chi connectivity index (χ1) is 19.6. The van der Waals surface area contributed by atoms with Crippen molar-refractivity contribution in [1.82, 2.24) is 0 Å². The lowest BCUT2D eigenvalue weighted by Gasteiger charge is -2.45. The van der Waals surface area contributed by atoms with Crippen LogP contribution >= 0.6 is 0 Å². The van der Waals surface area contributed by atoms with E-state index in [-0.39, 0.29) is 16.9 Å². The van der Waals surface area contributed by atoms with E-state index in [1.165, 1.54) is 31.4 Å². The van der Waals surface area contributed by atoms with Crippen molar-refractivity contribution in [3.63, 3.8) is 0 Å². The molecule has 5 nitrogen and oxygen atoms in total. The van der Waals surface area contributed by atoms with E-state index in [1.807, 2.05) is 12.1 Å². The lowest BCUT2D eigenvalue weighted by molar-refractivity contribution is -0.0483. The van der Waals surface area contributed by atoms with E-state index >= 15 is 0 Å².